The maximum absolute atomic E-state index is 13.0. The Bertz CT molecular complexity index is 846. The van der Waals surface area contributed by atoms with E-state index in [0.29, 0.717) is 38.2 Å². The number of piperidine rings is 1. The summed E-state index contributed by atoms with van der Waals surface area (Å²) in [5.41, 5.74) is 2.16. The molecular formula is C22H29N3O4. The highest BCUT2D eigenvalue weighted by atomic mass is 16.5. The van der Waals surface area contributed by atoms with Crippen molar-refractivity contribution in [1.29, 1.82) is 0 Å². The molecule has 1 aromatic heterocycles. The molecule has 0 radical (unpaired) electrons. The number of carbonyl (C=O) groups excluding carboxylic acids is 2. The highest BCUT2D eigenvalue weighted by Gasteiger charge is 2.44. The van der Waals surface area contributed by atoms with Crippen molar-refractivity contribution in [2.75, 3.05) is 33.4 Å². The number of amides is 2. The number of rotatable bonds is 7. The Kier molecular flexibility index (Phi) is 6.69. The molecular weight excluding hydrogens is 370 g/mol. The first-order valence-corrected chi connectivity index (χ1v) is 10.0. The van der Waals surface area contributed by atoms with Gasteiger partial charge in [-0.1, -0.05) is 35.0 Å². The third-order valence-electron chi connectivity index (χ3n) is 5.44. The van der Waals surface area contributed by atoms with Gasteiger partial charge in [0.1, 0.15) is 18.1 Å². The van der Waals surface area contributed by atoms with Crippen molar-refractivity contribution in [2.45, 2.75) is 33.1 Å². The zero-order valence-electron chi connectivity index (χ0n) is 17.4. The number of aryl methyl sites for hydroxylation is 1. The zero-order valence-corrected chi connectivity index (χ0v) is 17.4. The molecule has 0 aliphatic carbocycles. The van der Waals surface area contributed by atoms with Gasteiger partial charge in [-0.15, -0.1) is 0 Å². The minimum absolute atomic E-state index is 0.0192. The highest BCUT2D eigenvalue weighted by Crippen LogP contribution is 2.35. The van der Waals surface area contributed by atoms with Gasteiger partial charge in [-0.2, -0.15) is 0 Å². The summed E-state index contributed by atoms with van der Waals surface area (Å²) in [7, 11) is 1.50. The summed E-state index contributed by atoms with van der Waals surface area (Å²) in [6.45, 7) is 5.47. The molecule has 2 aromatic rings. The maximum atomic E-state index is 13.0. The van der Waals surface area contributed by atoms with Gasteiger partial charge in [-0.05, 0) is 26.7 Å². The summed E-state index contributed by atoms with van der Waals surface area (Å²) in [6.07, 6.45) is 1.84. The number of hydrogen-bond acceptors (Lipinski definition) is 5. The molecule has 3 rings (SSSR count). The fraction of sp³-hybridized carbons (Fsp3) is 0.500. The SMILES string of the molecule is CCNC(=O)[C@@]1(Cc2cc(-c3ccc(C)cc3)no2)CCCN(C(=O)COC)C1. The standard InChI is InChI=1S/C22H29N3O4/c1-4-23-21(27)22(10-5-11-25(15-22)20(26)14-28-3)13-18-12-19(24-29-18)17-8-6-16(2)7-9-17/h6-9,12H,4-5,10-11,13-15H2,1-3H3,(H,23,27)/t22-/m1/s1. The van der Waals surface area contributed by atoms with Crippen molar-refractivity contribution >= 4 is 11.8 Å². The minimum Gasteiger partial charge on any atom is -0.375 e. The van der Waals surface area contributed by atoms with Crippen molar-refractivity contribution in [1.82, 2.24) is 15.4 Å². The van der Waals surface area contributed by atoms with Crippen LogP contribution in [0.25, 0.3) is 11.3 Å². The summed E-state index contributed by atoms with van der Waals surface area (Å²) < 4.78 is 10.6. The van der Waals surface area contributed by atoms with Crippen LogP contribution in [-0.4, -0.2) is 55.2 Å². The minimum atomic E-state index is -0.734. The second-order valence-corrected chi connectivity index (χ2v) is 7.71. The number of nitrogens with one attached hydrogen (secondary N) is 1. The van der Waals surface area contributed by atoms with E-state index in [1.807, 2.05) is 44.2 Å². The number of ether oxygens (including phenoxy) is 1. The lowest BCUT2D eigenvalue weighted by molar-refractivity contribution is -0.144. The molecule has 1 fully saturated rings. The molecule has 0 spiro atoms. The van der Waals surface area contributed by atoms with Crippen molar-refractivity contribution in [3.8, 4) is 11.3 Å². The van der Waals surface area contributed by atoms with E-state index in [1.54, 1.807) is 4.90 Å². The number of hydrogen-bond donors (Lipinski definition) is 1. The average Bonchev–Trinajstić information content (AvgIpc) is 3.17. The van der Waals surface area contributed by atoms with Gasteiger partial charge in [-0.3, -0.25) is 9.59 Å². The van der Waals surface area contributed by atoms with Crippen LogP contribution in [0.15, 0.2) is 34.9 Å². The number of carbonyl (C=O) groups is 2. The van der Waals surface area contributed by atoms with Crippen LogP contribution in [0.3, 0.4) is 0 Å². The first-order chi connectivity index (χ1) is 14.0. The quantitative estimate of drug-likeness (QED) is 0.774. The van der Waals surface area contributed by atoms with Gasteiger partial charge in [0.25, 0.3) is 0 Å². The van der Waals surface area contributed by atoms with E-state index in [9.17, 15) is 9.59 Å². The van der Waals surface area contributed by atoms with Gasteiger partial charge in [0.2, 0.25) is 11.8 Å². The number of nitrogens with zero attached hydrogens (tertiary/aromatic N) is 2. The Morgan fingerprint density at radius 2 is 2.07 bits per heavy atom. The van der Waals surface area contributed by atoms with Crippen molar-refractivity contribution < 1.29 is 18.8 Å². The highest BCUT2D eigenvalue weighted by molar-refractivity contribution is 5.85. The molecule has 0 saturated carbocycles. The average molecular weight is 399 g/mol. The Labute approximate surface area is 171 Å². The summed E-state index contributed by atoms with van der Waals surface area (Å²) in [5, 5.41) is 7.14. The topological polar surface area (TPSA) is 84.7 Å². The molecule has 7 nitrogen and oxygen atoms in total. The Hall–Kier alpha value is -2.67. The molecule has 2 amide bonds. The number of methoxy groups -OCH3 is 1. The van der Waals surface area contributed by atoms with E-state index < -0.39 is 5.41 Å². The second-order valence-electron chi connectivity index (χ2n) is 7.71. The number of likely N-dealkylation sites (tertiary alicyclic amines) is 1. The normalized spacial score (nSPS) is 19.2. The molecule has 156 valence electrons. The predicted octanol–water partition coefficient (Wildman–Crippen LogP) is 2.58. The van der Waals surface area contributed by atoms with E-state index in [2.05, 4.69) is 10.5 Å². The van der Waals surface area contributed by atoms with Gasteiger partial charge in [0.15, 0.2) is 0 Å². The molecule has 1 aliphatic rings. The van der Waals surface area contributed by atoms with E-state index in [4.69, 9.17) is 9.26 Å². The van der Waals surface area contributed by atoms with Crippen molar-refractivity contribution in [3.63, 3.8) is 0 Å². The van der Waals surface area contributed by atoms with Crippen molar-refractivity contribution in [3.05, 3.63) is 41.7 Å². The van der Waals surface area contributed by atoms with Crippen LogP contribution < -0.4 is 5.32 Å². The Balaban J connectivity index is 1.83. The van der Waals surface area contributed by atoms with E-state index in [1.165, 1.54) is 12.7 Å². The predicted molar refractivity (Wildman–Crippen MR) is 109 cm³/mol. The van der Waals surface area contributed by atoms with Crippen LogP contribution in [0.2, 0.25) is 0 Å². The summed E-state index contributed by atoms with van der Waals surface area (Å²) in [4.78, 5) is 27.1. The monoisotopic (exact) mass is 399 g/mol. The third-order valence-corrected chi connectivity index (χ3v) is 5.44. The van der Waals surface area contributed by atoms with Crippen LogP contribution in [0.4, 0.5) is 0 Å². The smallest absolute Gasteiger partial charge is 0.248 e. The summed E-state index contributed by atoms with van der Waals surface area (Å²) in [5.74, 6) is 0.495. The van der Waals surface area contributed by atoms with E-state index in [0.717, 1.165) is 17.7 Å². The fourth-order valence-electron chi connectivity index (χ4n) is 3.91. The van der Waals surface area contributed by atoms with Gasteiger partial charge in [0.05, 0.1) is 5.41 Å². The molecule has 1 aromatic carbocycles. The molecule has 0 unspecified atom stereocenters. The Morgan fingerprint density at radius 3 is 2.76 bits per heavy atom. The molecule has 1 aliphatic heterocycles. The molecule has 0 bridgehead atoms. The van der Waals surface area contributed by atoms with Gasteiger partial charge >= 0.3 is 0 Å². The largest absolute Gasteiger partial charge is 0.375 e. The first kappa shape index (κ1) is 21.0. The fourth-order valence-corrected chi connectivity index (χ4v) is 3.91. The van der Waals surface area contributed by atoms with Crippen LogP contribution in [-0.2, 0) is 20.7 Å². The molecule has 1 N–H and O–H groups in total. The molecule has 1 saturated heterocycles. The first-order valence-electron chi connectivity index (χ1n) is 10.0. The summed E-state index contributed by atoms with van der Waals surface area (Å²) in [6, 6.07) is 9.95. The Morgan fingerprint density at radius 1 is 1.31 bits per heavy atom. The molecule has 29 heavy (non-hydrogen) atoms. The van der Waals surface area contributed by atoms with Crippen LogP contribution in [0.5, 0.6) is 0 Å². The number of benzene rings is 1. The van der Waals surface area contributed by atoms with Gasteiger partial charge < -0.3 is 19.5 Å². The van der Waals surface area contributed by atoms with Crippen molar-refractivity contribution in [2.24, 2.45) is 5.41 Å². The lowest BCUT2D eigenvalue weighted by Crippen LogP contribution is -2.55. The van der Waals surface area contributed by atoms with Crippen LogP contribution >= 0.6 is 0 Å². The molecule has 7 heteroatoms. The zero-order chi connectivity index (χ0) is 20.9. The van der Waals surface area contributed by atoms with E-state index in [-0.39, 0.29) is 18.4 Å². The van der Waals surface area contributed by atoms with Crippen LogP contribution in [0.1, 0.15) is 31.1 Å². The maximum Gasteiger partial charge on any atom is 0.248 e. The number of aromatic nitrogens is 1. The molecule has 2 heterocycles. The lowest BCUT2D eigenvalue weighted by Gasteiger charge is -2.41. The van der Waals surface area contributed by atoms with E-state index >= 15 is 0 Å². The van der Waals surface area contributed by atoms with Crippen LogP contribution in [0, 0.1) is 12.3 Å². The van der Waals surface area contributed by atoms with Gasteiger partial charge in [0, 0.05) is 44.8 Å². The second kappa shape index (κ2) is 9.22. The summed E-state index contributed by atoms with van der Waals surface area (Å²) >= 11 is 0. The third kappa shape index (κ3) is 4.85. The van der Waals surface area contributed by atoms with Gasteiger partial charge in [-0.25, -0.2) is 0 Å². The lowest BCUT2D eigenvalue weighted by atomic mass is 9.75. The molecule has 1 atom stereocenters.